The molecule has 0 amide bonds. The molecule has 41 heavy (non-hydrogen) atoms. The second-order valence-electron chi connectivity index (χ2n) is 9.94. The fourth-order valence-electron chi connectivity index (χ4n) is 5.30. The van der Waals surface area contributed by atoms with E-state index in [9.17, 15) is 0 Å². The van der Waals surface area contributed by atoms with Gasteiger partial charge < -0.3 is 4.42 Å². The molecule has 0 saturated carbocycles. The van der Waals surface area contributed by atoms with E-state index in [1.165, 1.54) is 0 Å². The predicted octanol–water partition coefficient (Wildman–Crippen LogP) is 8.99. The summed E-state index contributed by atoms with van der Waals surface area (Å²) < 4.78 is 6.42. The van der Waals surface area contributed by atoms with Crippen molar-refractivity contribution in [1.29, 1.82) is 0 Å². The van der Waals surface area contributed by atoms with Crippen molar-refractivity contribution in [2.24, 2.45) is 0 Å². The third-order valence-electron chi connectivity index (χ3n) is 7.33. The molecule has 0 aliphatic carbocycles. The molecular weight excluding hydrogens is 504 g/mol. The van der Waals surface area contributed by atoms with Crippen LogP contribution in [0, 0.1) is 0 Å². The van der Waals surface area contributed by atoms with Gasteiger partial charge in [-0.2, -0.15) is 0 Å². The van der Waals surface area contributed by atoms with E-state index < -0.39 is 0 Å². The van der Waals surface area contributed by atoms with E-state index in [0.717, 1.165) is 54.9 Å². The summed E-state index contributed by atoms with van der Waals surface area (Å²) in [5.74, 6) is 2.50. The fourth-order valence-corrected chi connectivity index (χ4v) is 5.30. The van der Waals surface area contributed by atoms with E-state index in [2.05, 4.69) is 36.4 Å². The van der Waals surface area contributed by atoms with Gasteiger partial charge in [0.05, 0.1) is 0 Å². The lowest BCUT2D eigenvalue weighted by atomic mass is 9.99. The highest BCUT2D eigenvalue weighted by atomic mass is 16.3. The molecule has 2 aromatic heterocycles. The molecule has 0 fully saturated rings. The van der Waals surface area contributed by atoms with Gasteiger partial charge in [0.1, 0.15) is 5.52 Å². The fraction of sp³-hybridized carbons (Fsp3) is 0. The first-order valence-electron chi connectivity index (χ1n) is 13.5. The lowest BCUT2D eigenvalue weighted by Crippen LogP contribution is -2.00. The molecule has 0 aliphatic heterocycles. The van der Waals surface area contributed by atoms with Crippen molar-refractivity contribution in [3.63, 3.8) is 0 Å². The zero-order valence-corrected chi connectivity index (χ0v) is 21.9. The van der Waals surface area contributed by atoms with Crippen molar-refractivity contribution in [3.8, 4) is 45.6 Å². The second-order valence-corrected chi connectivity index (χ2v) is 9.94. The van der Waals surface area contributed by atoms with Crippen molar-refractivity contribution in [2.75, 3.05) is 0 Å². The maximum absolute atomic E-state index is 6.42. The van der Waals surface area contributed by atoms with Crippen molar-refractivity contribution >= 4 is 32.6 Å². The minimum absolute atomic E-state index is 0.610. The number of fused-ring (bicyclic) bond motifs is 5. The van der Waals surface area contributed by atoms with Crippen LogP contribution in [0.1, 0.15) is 0 Å². The van der Waals surface area contributed by atoms with Gasteiger partial charge in [0.15, 0.2) is 23.1 Å². The molecule has 0 aliphatic rings. The first-order valence-corrected chi connectivity index (χ1v) is 13.5. The Bertz CT molecular complexity index is 2130. The molecule has 0 bridgehead atoms. The normalized spacial score (nSPS) is 11.4. The molecule has 5 heteroatoms. The third kappa shape index (κ3) is 4.12. The van der Waals surface area contributed by atoms with Crippen LogP contribution >= 0.6 is 0 Å². The summed E-state index contributed by atoms with van der Waals surface area (Å²) >= 11 is 0. The highest BCUT2D eigenvalue weighted by molar-refractivity contribution is 6.18. The summed E-state index contributed by atoms with van der Waals surface area (Å²) in [5, 5.41) is 4.27. The number of oxazole rings is 1. The number of nitrogens with zero attached hydrogens (tertiary/aromatic N) is 4. The maximum atomic E-state index is 6.42. The van der Waals surface area contributed by atoms with E-state index in [0.29, 0.717) is 23.4 Å². The molecular formula is C36H22N4O. The van der Waals surface area contributed by atoms with Gasteiger partial charge in [-0.05, 0) is 40.4 Å². The molecule has 0 atom stereocenters. The third-order valence-corrected chi connectivity index (χ3v) is 7.33. The molecule has 8 aromatic rings. The van der Waals surface area contributed by atoms with E-state index in [1.807, 2.05) is 97.1 Å². The molecule has 0 saturated heterocycles. The molecule has 0 N–H and O–H groups in total. The zero-order chi connectivity index (χ0) is 27.2. The number of benzene rings is 6. The minimum atomic E-state index is 0.610. The van der Waals surface area contributed by atoms with Crippen molar-refractivity contribution < 1.29 is 4.42 Å². The first kappa shape index (κ1) is 23.2. The van der Waals surface area contributed by atoms with Gasteiger partial charge in [-0.3, -0.25) is 0 Å². The number of hydrogen-bond donors (Lipinski definition) is 0. The smallest absolute Gasteiger partial charge is 0.227 e. The van der Waals surface area contributed by atoms with Crippen LogP contribution in [0.2, 0.25) is 0 Å². The van der Waals surface area contributed by atoms with Crippen LogP contribution in [-0.4, -0.2) is 19.9 Å². The maximum Gasteiger partial charge on any atom is 0.227 e. The summed E-state index contributed by atoms with van der Waals surface area (Å²) in [6.45, 7) is 0. The Morgan fingerprint density at radius 3 is 1.56 bits per heavy atom. The average molecular weight is 527 g/mol. The van der Waals surface area contributed by atoms with Crippen LogP contribution < -0.4 is 0 Å². The lowest BCUT2D eigenvalue weighted by molar-refractivity contribution is 0.623. The molecule has 2 heterocycles. The molecule has 0 radical (unpaired) electrons. The topological polar surface area (TPSA) is 64.7 Å². The van der Waals surface area contributed by atoms with Gasteiger partial charge >= 0.3 is 0 Å². The number of aromatic nitrogens is 4. The van der Waals surface area contributed by atoms with Crippen molar-refractivity contribution in [1.82, 2.24) is 19.9 Å². The Hall–Kier alpha value is -5.68. The van der Waals surface area contributed by atoms with Gasteiger partial charge in [-0.15, -0.1) is 0 Å². The highest BCUT2D eigenvalue weighted by Crippen LogP contribution is 2.36. The molecule has 0 spiro atoms. The zero-order valence-electron chi connectivity index (χ0n) is 21.9. The summed E-state index contributed by atoms with van der Waals surface area (Å²) in [6, 6.07) is 44.8. The van der Waals surface area contributed by atoms with Gasteiger partial charge in [0, 0.05) is 27.6 Å². The summed E-state index contributed by atoms with van der Waals surface area (Å²) in [7, 11) is 0. The van der Waals surface area contributed by atoms with Gasteiger partial charge in [0.25, 0.3) is 0 Å². The van der Waals surface area contributed by atoms with Gasteiger partial charge in [-0.1, -0.05) is 109 Å². The van der Waals surface area contributed by atoms with Crippen LogP contribution in [-0.2, 0) is 0 Å². The highest BCUT2D eigenvalue weighted by Gasteiger charge is 2.16. The van der Waals surface area contributed by atoms with Gasteiger partial charge in [0.2, 0.25) is 5.89 Å². The Balaban J connectivity index is 1.36. The Morgan fingerprint density at radius 2 is 0.927 bits per heavy atom. The van der Waals surface area contributed by atoms with E-state index in [-0.39, 0.29) is 0 Å². The average Bonchev–Trinajstić information content (AvgIpc) is 3.50. The van der Waals surface area contributed by atoms with E-state index >= 15 is 0 Å². The molecule has 6 aromatic carbocycles. The standard InChI is InChI=1S/C36H22N4O/c1-4-10-25(11-5-1)33-38-34(26-12-6-2-7-13-26)40-35(39-33)28-19-17-23-16-18-24-20-21-30-32(31(24)29(23)22-28)41-36(37-30)27-14-8-3-9-15-27/h1-22H. The second kappa shape index (κ2) is 9.50. The van der Waals surface area contributed by atoms with E-state index in [4.69, 9.17) is 24.4 Å². The van der Waals surface area contributed by atoms with Crippen LogP contribution in [0.3, 0.4) is 0 Å². The summed E-state index contributed by atoms with van der Waals surface area (Å²) in [4.78, 5) is 19.5. The van der Waals surface area contributed by atoms with Crippen LogP contribution in [0.5, 0.6) is 0 Å². The SMILES string of the molecule is c1ccc(-c2nc(-c3ccccc3)nc(-c3ccc4ccc5ccc6nc(-c7ccccc7)oc6c5c4c3)n2)cc1. The minimum Gasteiger partial charge on any atom is -0.435 e. The largest absolute Gasteiger partial charge is 0.435 e. The molecule has 0 unspecified atom stereocenters. The monoisotopic (exact) mass is 526 g/mol. The Morgan fingerprint density at radius 1 is 0.415 bits per heavy atom. The van der Waals surface area contributed by atoms with Crippen LogP contribution in [0.25, 0.3) is 78.3 Å². The predicted molar refractivity (Wildman–Crippen MR) is 164 cm³/mol. The number of hydrogen-bond acceptors (Lipinski definition) is 5. The van der Waals surface area contributed by atoms with Crippen molar-refractivity contribution in [3.05, 3.63) is 133 Å². The van der Waals surface area contributed by atoms with Gasteiger partial charge in [-0.25, -0.2) is 19.9 Å². The van der Waals surface area contributed by atoms with E-state index in [1.54, 1.807) is 0 Å². The molecule has 5 nitrogen and oxygen atoms in total. The first-order chi connectivity index (χ1) is 20.3. The quantitative estimate of drug-likeness (QED) is 0.214. The van der Waals surface area contributed by atoms with Crippen LogP contribution in [0.4, 0.5) is 0 Å². The number of rotatable bonds is 4. The van der Waals surface area contributed by atoms with Crippen molar-refractivity contribution in [2.45, 2.75) is 0 Å². The Kier molecular flexibility index (Phi) is 5.38. The molecule has 8 rings (SSSR count). The molecule has 192 valence electrons. The lowest BCUT2D eigenvalue weighted by Gasteiger charge is -2.10. The van der Waals surface area contributed by atoms with Crippen LogP contribution in [0.15, 0.2) is 138 Å². The summed E-state index contributed by atoms with van der Waals surface area (Å²) in [6.07, 6.45) is 0. The summed E-state index contributed by atoms with van der Waals surface area (Å²) in [5.41, 5.74) is 5.33. The Labute approximate surface area is 235 Å².